The van der Waals surface area contributed by atoms with Crippen molar-refractivity contribution >= 4 is 11.6 Å². The number of amides is 1. The van der Waals surface area contributed by atoms with Gasteiger partial charge in [-0.15, -0.1) is 0 Å². The maximum absolute atomic E-state index is 11.3. The fourth-order valence-corrected chi connectivity index (χ4v) is 1.54. The quantitative estimate of drug-likeness (QED) is 0.444. The number of benzene rings is 1. The van der Waals surface area contributed by atoms with Crippen LogP contribution in [0.4, 0.5) is 5.69 Å². The minimum absolute atomic E-state index is 0.00694. The Morgan fingerprint density at radius 2 is 2.00 bits per heavy atom. The molecule has 0 unspecified atom stereocenters. The summed E-state index contributed by atoms with van der Waals surface area (Å²) in [4.78, 5) is 21.7. The second kappa shape index (κ2) is 7.48. The summed E-state index contributed by atoms with van der Waals surface area (Å²) in [5.74, 6) is -0.0253. The van der Waals surface area contributed by atoms with Gasteiger partial charge in [0.15, 0.2) is 0 Å². The van der Waals surface area contributed by atoms with Gasteiger partial charge in [-0.3, -0.25) is 14.9 Å². The van der Waals surface area contributed by atoms with E-state index in [1.165, 1.54) is 6.07 Å². The fraction of sp³-hybridized carbons (Fsp3) is 0.462. The van der Waals surface area contributed by atoms with Crippen LogP contribution in [0.1, 0.15) is 19.4 Å². The van der Waals surface area contributed by atoms with Crippen LogP contribution in [0.3, 0.4) is 0 Å². The molecule has 0 heterocycles. The summed E-state index contributed by atoms with van der Waals surface area (Å²) >= 11 is 0. The van der Waals surface area contributed by atoms with Crippen LogP contribution in [0.15, 0.2) is 24.3 Å². The van der Waals surface area contributed by atoms with Crippen molar-refractivity contribution in [3.05, 3.63) is 39.9 Å². The normalized spacial score (nSPS) is 10.5. The molecule has 1 amide bonds. The number of hydrogen-bond acceptors (Lipinski definition) is 4. The van der Waals surface area contributed by atoms with Crippen LogP contribution in [0.25, 0.3) is 0 Å². The molecule has 0 fully saturated rings. The van der Waals surface area contributed by atoms with E-state index in [2.05, 4.69) is 10.6 Å². The second-order valence-electron chi connectivity index (χ2n) is 4.51. The van der Waals surface area contributed by atoms with Crippen LogP contribution in [-0.2, 0) is 11.3 Å². The van der Waals surface area contributed by atoms with Gasteiger partial charge >= 0.3 is 0 Å². The number of para-hydroxylation sites is 1. The van der Waals surface area contributed by atoms with Crippen LogP contribution >= 0.6 is 0 Å². The predicted molar refractivity (Wildman–Crippen MR) is 72.7 cm³/mol. The van der Waals surface area contributed by atoms with E-state index in [-0.39, 0.29) is 17.5 Å². The zero-order valence-corrected chi connectivity index (χ0v) is 11.2. The zero-order chi connectivity index (χ0) is 14.3. The lowest BCUT2D eigenvalue weighted by Gasteiger charge is -2.08. The molecule has 0 aliphatic carbocycles. The van der Waals surface area contributed by atoms with Crippen LogP contribution in [0, 0.1) is 16.0 Å². The Hall–Kier alpha value is -1.95. The van der Waals surface area contributed by atoms with E-state index in [0.29, 0.717) is 25.2 Å². The second-order valence-corrected chi connectivity index (χ2v) is 4.51. The van der Waals surface area contributed by atoms with E-state index in [4.69, 9.17) is 0 Å². The van der Waals surface area contributed by atoms with Gasteiger partial charge in [-0.2, -0.15) is 0 Å². The van der Waals surface area contributed by atoms with Crippen LogP contribution in [-0.4, -0.2) is 23.9 Å². The van der Waals surface area contributed by atoms with Crippen molar-refractivity contribution in [2.24, 2.45) is 5.92 Å². The summed E-state index contributed by atoms with van der Waals surface area (Å²) in [5, 5.41) is 16.6. The molecule has 2 N–H and O–H groups in total. The van der Waals surface area contributed by atoms with Gasteiger partial charge in [-0.1, -0.05) is 32.0 Å². The molecule has 0 bridgehead atoms. The third-order valence-electron chi connectivity index (χ3n) is 2.63. The number of carbonyl (C=O) groups is 1. The highest BCUT2D eigenvalue weighted by atomic mass is 16.6. The standard InChI is InChI=1S/C13H19N3O3/c1-10(2)13(17)15-8-7-14-9-11-5-3-4-6-12(11)16(18)19/h3-6,10,14H,7-9H2,1-2H3,(H,15,17). The number of rotatable bonds is 7. The molecule has 6 nitrogen and oxygen atoms in total. The predicted octanol–water partition coefficient (Wildman–Crippen LogP) is 1.46. The summed E-state index contributed by atoms with van der Waals surface area (Å²) in [6.45, 7) is 5.16. The highest BCUT2D eigenvalue weighted by Gasteiger charge is 2.11. The van der Waals surface area contributed by atoms with Gasteiger partial charge in [0.2, 0.25) is 5.91 Å². The Kier molecular flexibility index (Phi) is 5.95. The minimum Gasteiger partial charge on any atom is -0.355 e. The molecule has 0 saturated heterocycles. The summed E-state index contributed by atoms with van der Waals surface area (Å²) in [6, 6.07) is 6.62. The first-order valence-corrected chi connectivity index (χ1v) is 6.23. The monoisotopic (exact) mass is 265 g/mol. The zero-order valence-electron chi connectivity index (χ0n) is 11.2. The Bertz CT molecular complexity index is 447. The van der Waals surface area contributed by atoms with Crippen molar-refractivity contribution in [1.82, 2.24) is 10.6 Å². The van der Waals surface area contributed by atoms with Crippen molar-refractivity contribution in [1.29, 1.82) is 0 Å². The lowest BCUT2D eigenvalue weighted by atomic mass is 10.2. The lowest BCUT2D eigenvalue weighted by molar-refractivity contribution is -0.385. The lowest BCUT2D eigenvalue weighted by Crippen LogP contribution is -2.34. The highest BCUT2D eigenvalue weighted by Crippen LogP contribution is 2.16. The van der Waals surface area contributed by atoms with E-state index in [9.17, 15) is 14.9 Å². The van der Waals surface area contributed by atoms with Gasteiger partial charge in [-0.05, 0) is 0 Å². The fourth-order valence-electron chi connectivity index (χ4n) is 1.54. The maximum atomic E-state index is 11.3. The van der Waals surface area contributed by atoms with Crippen molar-refractivity contribution in [2.75, 3.05) is 13.1 Å². The van der Waals surface area contributed by atoms with Gasteiger partial charge in [0, 0.05) is 37.2 Å². The van der Waals surface area contributed by atoms with Crippen molar-refractivity contribution in [3.8, 4) is 0 Å². The summed E-state index contributed by atoms with van der Waals surface area (Å²) in [7, 11) is 0. The first-order valence-electron chi connectivity index (χ1n) is 6.23. The number of nitro benzene ring substituents is 1. The number of nitrogens with one attached hydrogen (secondary N) is 2. The molecule has 1 aromatic rings. The van der Waals surface area contributed by atoms with E-state index >= 15 is 0 Å². The summed E-state index contributed by atoms with van der Waals surface area (Å²) in [5.41, 5.74) is 0.754. The molecule has 1 aromatic carbocycles. The van der Waals surface area contributed by atoms with Gasteiger partial charge in [-0.25, -0.2) is 0 Å². The van der Waals surface area contributed by atoms with Gasteiger partial charge in [0.1, 0.15) is 0 Å². The van der Waals surface area contributed by atoms with Gasteiger partial charge in [0.05, 0.1) is 4.92 Å². The van der Waals surface area contributed by atoms with E-state index in [1.807, 2.05) is 13.8 Å². The van der Waals surface area contributed by atoms with E-state index in [0.717, 1.165) is 0 Å². The third kappa shape index (κ3) is 5.05. The summed E-state index contributed by atoms with van der Waals surface area (Å²) < 4.78 is 0. The highest BCUT2D eigenvalue weighted by molar-refractivity contribution is 5.77. The molecule has 19 heavy (non-hydrogen) atoms. The molecule has 6 heteroatoms. The number of nitro groups is 1. The van der Waals surface area contributed by atoms with Crippen LogP contribution < -0.4 is 10.6 Å². The van der Waals surface area contributed by atoms with Crippen LogP contribution in [0.5, 0.6) is 0 Å². The topological polar surface area (TPSA) is 84.3 Å². The first-order chi connectivity index (χ1) is 9.02. The molecule has 0 atom stereocenters. The molecule has 0 radical (unpaired) electrons. The smallest absolute Gasteiger partial charge is 0.273 e. The van der Waals surface area contributed by atoms with E-state index < -0.39 is 4.92 Å². The summed E-state index contributed by atoms with van der Waals surface area (Å²) in [6.07, 6.45) is 0. The first kappa shape index (κ1) is 15.1. The van der Waals surface area contributed by atoms with Gasteiger partial charge in [0.25, 0.3) is 5.69 Å². The molecule has 0 aromatic heterocycles. The van der Waals surface area contributed by atoms with Crippen molar-refractivity contribution in [2.45, 2.75) is 20.4 Å². The molecule has 0 aliphatic rings. The van der Waals surface area contributed by atoms with E-state index in [1.54, 1.807) is 18.2 Å². The van der Waals surface area contributed by atoms with Crippen molar-refractivity contribution < 1.29 is 9.72 Å². The Morgan fingerprint density at radius 3 is 2.63 bits per heavy atom. The number of carbonyl (C=O) groups excluding carboxylic acids is 1. The number of hydrogen-bond donors (Lipinski definition) is 2. The number of nitrogens with zero attached hydrogens (tertiary/aromatic N) is 1. The molecule has 1 rings (SSSR count). The van der Waals surface area contributed by atoms with Gasteiger partial charge < -0.3 is 10.6 Å². The minimum atomic E-state index is -0.391. The Balaban J connectivity index is 2.34. The third-order valence-corrected chi connectivity index (χ3v) is 2.63. The SMILES string of the molecule is CC(C)C(=O)NCCNCc1ccccc1[N+](=O)[O-]. The molecule has 0 saturated carbocycles. The van der Waals surface area contributed by atoms with Crippen molar-refractivity contribution in [3.63, 3.8) is 0 Å². The average molecular weight is 265 g/mol. The molecule has 0 aliphatic heterocycles. The Labute approximate surface area is 112 Å². The molecular weight excluding hydrogens is 246 g/mol. The van der Waals surface area contributed by atoms with Crippen LogP contribution in [0.2, 0.25) is 0 Å². The molecular formula is C13H19N3O3. The average Bonchev–Trinajstić information content (AvgIpc) is 2.38. The maximum Gasteiger partial charge on any atom is 0.273 e. The Morgan fingerprint density at radius 1 is 1.32 bits per heavy atom. The molecule has 104 valence electrons. The largest absolute Gasteiger partial charge is 0.355 e. The molecule has 0 spiro atoms.